The van der Waals surface area contributed by atoms with Gasteiger partial charge in [-0.15, -0.1) is 0 Å². The fourth-order valence-corrected chi connectivity index (χ4v) is 5.87. The Bertz CT molecular complexity index is 592. The van der Waals surface area contributed by atoms with E-state index in [9.17, 15) is 4.79 Å². The Morgan fingerprint density at radius 2 is 2.08 bits per heavy atom. The van der Waals surface area contributed by atoms with Gasteiger partial charge >= 0.3 is 5.97 Å². The zero-order valence-corrected chi connectivity index (χ0v) is 15.9. The Labute approximate surface area is 146 Å². The van der Waals surface area contributed by atoms with Crippen molar-refractivity contribution in [2.75, 3.05) is 7.11 Å². The van der Waals surface area contributed by atoms with E-state index in [1.54, 1.807) is 0 Å². The van der Waals surface area contributed by atoms with Gasteiger partial charge < -0.3 is 9.47 Å². The summed E-state index contributed by atoms with van der Waals surface area (Å²) >= 11 is 0. The summed E-state index contributed by atoms with van der Waals surface area (Å²) in [6.07, 6.45) is 8.14. The number of hydrogen-bond acceptors (Lipinski definition) is 3. The first-order valence-electron chi connectivity index (χ1n) is 9.27. The molecule has 0 aromatic rings. The summed E-state index contributed by atoms with van der Waals surface area (Å²) in [7, 11) is 1.45. The first-order chi connectivity index (χ1) is 11.2. The van der Waals surface area contributed by atoms with Gasteiger partial charge in [-0.3, -0.25) is 4.79 Å². The molecule has 5 atom stereocenters. The number of allylic oxidation sites excluding steroid dienone is 2. The lowest BCUT2D eigenvalue weighted by molar-refractivity contribution is -0.169. The molecule has 3 heteroatoms. The van der Waals surface area contributed by atoms with Crippen LogP contribution in [0.4, 0.5) is 0 Å². The molecule has 2 fully saturated rings. The first kappa shape index (κ1) is 17.7. The summed E-state index contributed by atoms with van der Waals surface area (Å²) in [5.74, 6) is 1.01. The molecule has 0 aromatic heterocycles. The number of rotatable bonds is 3. The molecule has 0 N–H and O–H groups in total. The van der Waals surface area contributed by atoms with E-state index in [-0.39, 0.29) is 17.0 Å². The highest BCUT2D eigenvalue weighted by atomic mass is 16.5. The van der Waals surface area contributed by atoms with Crippen LogP contribution in [0.1, 0.15) is 66.2 Å². The Kier molecular flexibility index (Phi) is 4.23. The van der Waals surface area contributed by atoms with E-state index in [1.807, 2.05) is 0 Å². The zero-order valence-electron chi connectivity index (χ0n) is 15.9. The van der Waals surface area contributed by atoms with E-state index in [4.69, 9.17) is 9.47 Å². The van der Waals surface area contributed by atoms with Crippen LogP contribution < -0.4 is 0 Å². The molecule has 0 bridgehead atoms. The van der Waals surface area contributed by atoms with E-state index < -0.39 is 5.60 Å². The molecule has 0 radical (unpaired) electrons. The van der Waals surface area contributed by atoms with Crippen molar-refractivity contribution in [1.82, 2.24) is 0 Å². The molecule has 3 nitrogen and oxygen atoms in total. The average molecular weight is 332 g/mol. The van der Waals surface area contributed by atoms with Crippen LogP contribution in [0.2, 0.25) is 0 Å². The van der Waals surface area contributed by atoms with Gasteiger partial charge in [0.25, 0.3) is 0 Å². The van der Waals surface area contributed by atoms with Gasteiger partial charge in [-0.2, -0.15) is 0 Å². The number of ether oxygens (including phenoxy) is 2. The number of methoxy groups -OCH3 is 1. The van der Waals surface area contributed by atoms with Crippen LogP contribution in [0, 0.1) is 17.3 Å². The van der Waals surface area contributed by atoms with Gasteiger partial charge in [0.1, 0.15) is 0 Å². The molecule has 0 unspecified atom stereocenters. The summed E-state index contributed by atoms with van der Waals surface area (Å²) in [6, 6.07) is 0. The van der Waals surface area contributed by atoms with Crippen molar-refractivity contribution in [1.29, 1.82) is 0 Å². The minimum Gasteiger partial charge on any atom is -0.469 e. The van der Waals surface area contributed by atoms with Crippen molar-refractivity contribution >= 4 is 5.97 Å². The minimum atomic E-state index is -0.422. The Hall–Kier alpha value is -1.09. The van der Waals surface area contributed by atoms with E-state index in [2.05, 4.69) is 40.3 Å². The lowest BCUT2D eigenvalue weighted by Crippen LogP contribution is -2.53. The summed E-state index contributed by atoms with van der Waals surface area (Å²) in [6.45, 7) is 13.1. The smallest absolute Gasteiger partial charge is 0.308 e. The molecular weight excluding hydrogens is 300 g/mol. The Morgan fingerprint density at radius 1 is 1.38 bits per heavy atom. The van der Waals surface area contributed by atoms with Crippen LogP contribution in [-0.2, 0) is 14.3 Å². The molecule has 134 valence electrons. The van der Waals surface area contributed by atoms with Crippen molar-refractivity contribution in [2.45, 2.75) is 77.4 Å². The van der Waals surface area contributed by atoms with Crippen molar-refractivity contribution in [2.24, 2.45) is 17.3 Å². The minimum absolute atomic E-state index is 0.128. The highest BCUT2D eigenvalue weighted by molar-refractivity contribution is 5.70. The number of carbonyl (C=O) groups is 1. The molecule has 3 aliphatic rings. The average Bonchev–Trinajstić information content (AvgIpc) is 3.04. The number of esters is 1. The van der Waals surface area contributed by atoms with Crippen molar-refractivity contribution in [3.63, 3.8) is 0 Å². The van der Waals surface area contributed by atoms with Crippen molar-refractivity contribution < 1.29 is 14.3 Å². The second-order valence-electron chi connectivity index (χ2n) is 8.77. The van der Waals surface area contributed by atoms with Gasteiger partial charge in [0.05, 0.1) is 24.7 Å². The maximum absolute atomic E-state index is 11.8. The second-order valence-corrected chi connectivity index (χ2v) is 8.77. The quantitative estimate of drug-likeness (QED) is 0.549. The van der Waals surface area contributed by atoms with Crippen molar-refractivity contribution in [3.8, 4) is 0 Å². The lowest BCUT2D eigenvalue weighted by Gasteiger charge is -2.53. The third-order valence-electron chi connectivity index (χ3n) is 7.32. The van der Waals surface area contributed by atoms with Gasteiger partial charge in [-0.25, -0.2) is 0 Å². The van der Waals surface area contributed by atoms with Gasteiger partial charge in [-0.05, 0) is 70.3 Å². The van der Waals surface area contributed by atoms with Crippen LogP contribution >= 0.6 is 0 Å². The number of carbonyl (C=O) groups excluding carboxylic acids is 1. The standard InChI is InChI=1S/C21H32O3/c1-14(2)16-9-10-20(5)17(16)8-7-15(3)21(20)12-11-19(4,24-21)13-18(22)23-6/h7,16-17H,1,8-13H2,2-6H3/t16-,17+,19+,20+,21-/m1/s1. The molecule has 0 amide bonds. The van der Waals surface area contributed by atoms with Gasteiger partial charge in [0, 0.05) is 5.41 Å². The topological polar surface area (TPSA) is 35.5 Å². The summed E-state index contributed by atoms with van der Waals surface area (Å²) in [4.78, 5) is 11.8. The molecule has 24 heavy (non-hydrogen) atoms. The number of hydrogen-bond donors (Lipinski definition) is 0. The first-order valence-corrected chi connectivity index (χ1v) is 9.27. The van der Waals surface area contributed by atoms with Gasteiger partial charge in [0.15, 0.2) is 0 Å². The van der Waals surface area contributed by atoms with E-state index in [0.717, 1.165) is 19.3 Å². The van der Waals surface area contributed by atoms with Crippen LogP contribution in [-0.4, -0.2) is 24.3 Å². The summed E-state index contributed by atoms with van der Waals surface area (Å²) in [5.41, 5.74) is 2.14. The molecule has 0 aromatic carbocycles. The maximum Gasteiger partial charge on any atom is 0.308 e. The highest BCUT2D eigenvalue weighted by Crippen LogP contribution is 2.66. The predicted molar refractivity (Wildman–Crippen MR) is 95.6 cm³/mol. The van der Waals surface area contributed by atoms with E-state index in [1.165, 1.54) is 31.1 Å². The zero-order chi connectivity index (χ0) is 17.8. The number of fused-ring (bicyclic) bond motifs is 2. The lowest BCUT2D eigenvalue weighted by atomic mass is 9.57. The fraction of sp³-hybridized carbons (Fsp3) is 0.762. The molecule has 2 aliphatic carbocycles. The van der Waals surface area contributed by atoms with Gasteiger partial charge in [0.2, 0.25) is 0 Å². The highest BCUT2D eigenvalue weighted by Gasteiger charge is 2.64. The monoisotopic (exact) mass is 332 g/mol. The Balaban J connectivity index is 1.95. The molecule has 1 heterocycles. The SMILES string of the molecule is C=C(C)[C@H]1CC[C@@]2(C)[C@H]1CC=C(C)[C@]21CC[C@@](C)(CC(=O)OC)O1. The van der Waals surface area contributed by atoms with Crippen LogP contribution in [0.3, 0.4) is 0 Å². The second kappa shape index (κ2) is 5.72. The fourth-order valence-electron chi connectivity index (χ4n) is 5.87. The predicted octanol–water partition coefficient (Wildman–Crippen LogP) is 4.82. The van der Waals surface area contributed by atoms with E-state index >= 15 is 0 Å². The van der Waals surface area contributed by atoms with E-state index in [0.29, 0.717) is 18.3 Å². The summed E-state index contributed by atoms with van der Waals surface area (Å²) in [5, 5.41) is 0. The summed E-state index contributed by atoms with van der Waals surface area (Å²) < 4.78 is 11.7. The molecule has 3 rings (SSSR count). The van der Waals surface area contributed by atoms with Crippen LogP contribution in [0.5, 0.6) is 0 Å². The molecule has 1 saturated heterocycles. The largest absolute Gasteiger partial charge is 0.469 e. The molecular formula is C21H32O3. The molecule has 1 spiro atoms. The maximum atomic E-state index is 11.8. The van der Waals surface area contributed by atoms with Gasteiger partial charge in [-0.1, -0.05) is 25.2 Å². The Morgan fingerprint density at radius 3 is 2.71 bits per heavy atom. The third-order valence-corrected chi connectivity index (χ3v) is 7.32. The molecule has 1 aliphatic heterocycles. The molecule has 1 saturated carbocycles. The van der Waals surface area contributed by atoms with Crippen LogP contribution in [0.25, 0.3) is 0 Å². The van der Waals surface area contributed by atoms with Crippen LogP contribution in [0.15, 0.2) is 23.8 Å². The van der Waals surface area contributed by atoms with Crippen molar-refractivity contribution in [3.05, 3.63) is 23.8 Å². The normalized spacial score (nSPS) is 44.3. The third kappa shape index (κ3) is 2.39.